The number of phenols is 1. The number of nitrogens with zero attached hydrogens (tertiary/aromatic N) is 2. The fourth-order valence-corrected chi connectivity index (χ4v) is 7.11. The molecule has 0 bridgehead atoms. The molecular formula is C26H23Br2IN2O5S. The molecule has 37 heavy (non-hydrogen) atoms. The summed E-state index contributed by atoms with van der Waals surface area (Å²) in [5, 5.41) is 10.6. The van der Waals surface area contributed by atoms with Gasteiger partial charge in [0.25, 0.3) is 5.56 Å². The lowest BCUT2D eigenvalue weighted by molar-refractivity contribution is -0.139. The maximum atomic E-state index is 13.9. The van der Waals surface area contributed by atoms with E-state index in [1.165, 1.54) is 15.9 Å². The number of thiazole rings is 1. The second kappa shape index (κ2) is 11.8. The van der Waals surface area contributed by atoms with Gasteiger partial charge in [-0.2, -0.15) is 0 Å². The van der Waals surface area contributed by atoms with Crippen molar-refractivity contribution in [1.82, 2.24) is 4.57 Å². The van der Waals surface area contributed by atoms with Gasteiger partial charge in [-0.1, -0.05) is 56.5 Å². The highest BCUT2D eigenvalue weighted by Gasteiger charge is 2.36. The van der Waals surface area contributed by atoms with Crippen molar-refractivity contribution in [2.24, 2.45) is 4.99 Å². The van der Waals surface area contributed by atoms with Gasteiger partial charge in [0.05, 0.1) is 33.1 Å². The molecule has 0 saturated heterocycles. The number of fused-ring (bicyclic) bond motifs is 1. The average Bonchev–Trinajstić information content (AvgIpc) is 3.16. The first-order valence-corrected chi connectivity index (χ1v) is 14.9. The standard InChI is InChI=1S/C26H23Br2IN2O5S/c1-4-6-18-21(25(34)36-5-2)22(16-11-14(27)7-8-19(16)35-3)31-24(33)20(37-26(31)30-18)10-13-9-15(28)12-17(29)23(13)32/h7-12,22,32H,4-6H2,1-3H3/b20-10+/t22-/m1/s1. The first-order valence-electron chi connectivity index (χ1n) is 11.4. The minimum absolute atomic E-state index is 0.0822. The van der Waals surface area contributed by atoms with E-state index in [0.29, 0.717) is 47.5 Å². The minimum Gasteiger partial charge on any atom is -0.506 e. The number of methoxy groups -OCH3 is 1. The number of aromatic hydroxyl groups is 1. The smallest absolute Gasteiger partial charge is 0.338 e. The van der Waals surface area contributed by atoms with Crippen LogP contribution in [-0.2, 0) is 9.53 Å². The first-order chi connectivity index (χ1) is 17.7. The zero-order valence-electron chi connectivity index (χ0n) is 20.2. The van der Waals surface area contributed by atoms with Gasteiger partial charge >= 0.3 is 5.97 Å². The quantitative estimate of drug-likeness (QED) is 0.257. The number of benzene rings is 2. The Kier molecular flexibility index (Phi) is 8.97. The molecular weight excluding hydrogens is 739 g/mol. The topological polar surface area (TPSA) is 90.1 Å². The van der Waals surface area contributed by atoms with E-state index < -0.39 is 12.0 Å². The normalized spacial score (nSPS) is 15.4. The molecule has 2 heterocycles. The summed E-state index contributed by atoms with van der Waals surface area (Å²) in [5.41, 5.74) is 1.71. The molecule has 11 heteroatoms. The summed E-state index contributed by atoms with van der Waals surface area (Å²) in [6, 6.07) is 8.21. The van der Waals surface area contributed by atoms with E-state index in [9.17, 15) is 14.7 Å². The SMILES string of the molecule is CCCC1=C(C(=O)OCC)[C@@H](c2cc(Br)ccc2OC)n2c(s/c(=C/c3cc(Br)cc(I)c3O)c2=O)=N1. The third kappa shape index (κ3) is 5.59. The Bertz CT molecular complexity index is 1600. The van der Waals surface area contributed by atoms with Crippen LogP contribution in [0.15, 0.2) is 60.3 Å². The van der Waals surface area contributed by atoms with Crippen molar-refractivity contribution < 1.29 is 19.4 Å². The van der Waals surface area contributed by atoms with Crippen LogP contribution in [0.2, 0.25) is 0 Å². The summed E-state index contributed by atoms with van der Waals surface area (Å²) in [5.74, 6) is 0.0930. The Hall–Kier alpha value is -1.96. The van der Waals surface area contributed by atoms with Crippen LogP contribution in [0.5, 0.6) is 11.5 Å². The van der Waals surface area contributed by atoms with E-state index >= 15 is 0 Å². The van der Waals surface area contributed by atoms with Crippen LogP contribution in [-0.4, -0.2) is 29.4 Å². The van der Waals surface area contributed by atoms with E-state index in [4.69, 9.17) is 14.5 Å². The largest absolute Gasteiger partial charge is 0.506 e. The Morgan fingerprint density at radius 1 is 1.24 bits per heavy atom. The highest BCUT2D eigenvalue weighted by molar-refractivity contribution is 14.1. The van der Waals surface area contributed by atoms with Gasteiger partial charge in [-0.3, -0.25) is 9.36 Å². The molecule has 1 atom stereocenters. The molecule has 0 radical (unpaired) electrons. The molecule has 0 unspecified atom stereocenters. The van der Waals surface area contributed by atoms with Crippen LogP contribution in [0.3, 0.4) is 0 Å². The molecule has 0 saturated carbocycles. The molecule has 1 aliphatic rings. The summed E-state index contributed by atoms with van der Waals surface area (Å²) in [4.78, 5) is 32.5. The van der Waals surface area contributed by atoms with Gasteiger partial charge < -0.3 is 14.6 Å². The van der Waals surface area contributed by atoms with Gasteiger partial charge in [0.2, 0.25) is 0 Å². The summed E-state index contributed by atoms with van der Waals surface area (Å²) < 4.78 is 15.2. The number of allylic oxidation sites excluding steroid dienone is 1. The summed E-state index contributed by atoms with van der Waals surface area (Å²) in [6.45, 7) is 3.94. The number of halogens is 3. The molecule has 7 nitrogen and oxygen atoms in total. The summed E-state index contributed by atoms with van der Waals surface area (Å²) in [7, 11) is 1.55. The van der Waals surface area contributed by atoms with Crippen molar-refractivity contribution in [2.45, 2.75) is 32.7 Å². The van der Waals surface area contributed by atoms with Crippen LogP contribution in [0.4, 0.5) is 0 Å². The molecule has 2 aromatic carbocycles. The fraction of sp³-hybridized carbons (Fsp3) is 0.269. The Labute approximate surface area is 247 Å². The molecule has 0 aliphatic carbocycles. The number of hydrogen-bond acceptors (Lipinski definition) is 7. The zero-order chi connectivity index (χ0) is 26.9. The van der Waals surface area contributed by atoms with Crippen molar-refractivity contribution >= 4 is 77.8 Å². The van der Waals surface area contributed by atoms with Crippen LogP contribution in [0.25, 0.3) is 6.08 Å². The predicted octanol–water partition coefficient (Wildman–Crippen LogP) is 5.42. The maximum Gasteiger partial charge on any atom is 0.338 e. The number of rotatable bonds is 7. The van der Waals surface area contributed by atoms with E-state index in [1.54, 1.807) is 38.3 Å². The Morgan fingerprint density at radius 3 is 2.68 bits per heavy atom. The number of carbonyl (C=O) groups excluding carboxylic acids is 1. The minimum atomic E-state index is -0.803. The summed E-state index contributed by atoms with van der Waals surface area (Å²) in [6.07, 6.45) is 2.94. The number of carbonyl (C=O) groups is 1. The van der Waals surface area contributed by atoms with Crippen LogP contribution < -0.4 is 19.6 Å². The van der Waals surface area contributed by atoms with Crippen molar-refractivity contribution in [2.75, 3.05) is 13.7 Å². The van der Waals surface area contributed by atoms with Gasteiger partial charge in [-0.25, -0.2) is 9.79 Å². The number of hydrogen-bond donors (Lipinski definition) is 1. The number of phenolic OH excluding ortho intramolecular Hbond substituents is 1. The van der Waals surface area contributed by atoms with E-state index in [2.05, 4.69) is 31.9 Å². The van der Waals surface area contributed by atoms with Crippen molar-refractivity contribution in [1.29, 1.82) is 0 Å². The lowest BCUT2D eigenvalue weighted by Crippen LogP contribution is -2.40. The van der Waals surface area contributed by atoms with Gasteiger partial charge in [0.15, 0.2) is 4.80 Å². The van der Waals surface area contributed by atoms with Gasteiger partial charge in [-0.05, 0) is 72.3 Å². The van der Waals surface area contributed by atoms with Crippen molar-refractivity contribution in [3.05, 3.63) is 84.9 Å². The maximum absolute atomic E-state index is 13.9. The number of ether oxygens (including phenoxy) is 2. The second-order valence-electron chi connectivity index (χ2n) is 8.13. The summed E-state index contributed by atoms with van der Waals surface area (Å²) >= 11 is 10.2. The Balaban J connectivity index is 2.08. The van der Waals surface area contributed by atoms with Gasteiger partial charge in [-0.15, -0.1) is 0 Å². The third-order valence-corrected chi connectivity index (χ3v) is 8.48. The third-order valence-electron chi connectivity index (χ3n) is 5.72. The molecule has 1 aromatic heterocycles. The van der Waals surface area contributed by atoms with Crippen molar-refractivity contribution in [3.63, 3.8) is 0 Å². The monoisotopic (exact) mass is 760 g/mol. The molecule has 0 amide bonds. The molecule has 194 valence electrons. The van der Waals surface area contributed by atoms with Crippen LogP contribution >= 0.6 is 65.8 Å². The first kappa shape index (κ1) is 28.1. The van der Waals surface area contributed by atoms with E-state index in [-0.39, 0.29) is 17.9 Å². The molecule has 0 fully saturated rings. The van der Waals surface area contributed by atoms with Gasteiger partial charge in [0.1, 0.15) is 17.5 Å². The molecule has 0 spiro atoms. The molecule has 1 aliphatic heterocycles. The predicted molar refractivity (Wildman–Crippen MR) is 159 cm³/mol. The van der Waals surface area contributed by atoms with Crippen molar-refractivity contribution in [3.8, 4) is 11.5 Å². The number of aromatic nitrogens is 1. The molecule has 3 aromatic rings. The number of esters is 1. The highest BCUT2D eigenvalue weighted by atomic mass is 127. The Morgan fingerprint density at radius 2 is 2.00 bits per heavy atom. The lowest BCUT2D eigenvalue weighted by Gasteiger charge is -2.27. The molecule has 1 N–H and O–H groups in total. The average molecular weight is 762 g/mol. The van der Waals surface area contributed by atoms with Crippen LogP contribution in [0.1, 0.15) is 43.9 Å². The van der Waals surface area contributed by atoms with Gasteiger partial charge in [0, 0.05) is 20.1 Å². The second-order valence-corrected chi connectivity index (χ2v) is 12.1. The zero-order valence-corrected chi connectivity index (χ0v) is 26.3. The van der Waals surface area contributed by atoms with E-state index in [0.717, 1.165) is 15.4 Å². The highest BCUT2D eigenvalue weighted by Crippen LogP contribution is 2.38. The molecule has 4 rings (SSSR count). The van der Waals surface area contributed by atoms with Crippen LogP contribution in [0, 0.1) is 3.57 Å². The lowest BCUT2D eigenvalue weighted by atomic mass is 9.93. The fourth-order valence-electron chi connectivity index (χ4n) is 4.17. The van der Waals surface area contributed by atoms with E-state index in [1.807, 2.05) is 41.6 Å².